The first-order valence-corrected chi connectivity index (χ1v) is 7.11. The number of nitrogens with two attached hydrogens (primary N) is 1. The summed E-state index contributed by atoms with van der Waals surface area (Å²) in [6, 6.07) is 7.26. The lowest BCUT2D eigenvalue weighted by atomic mass is 10.1. The lowest BCUT2D eigenvalue weighted by molar-refractivity contribution is -0.141. The first-order chi connectivity index (χ1) is 9.92. The van der Waals surface area contributed by atoms with E-state index in [9.17, 15) is 9.59 Å². The molecule has 2 N–H and O–H groups in total. The average molecular weight is 329 g/mol. The lowest BCUT2D eigenvalue weighted by Crippen LogP contribution is -2.37. The molecule has 0 bridgehead atoms. The second-order valence-corrected chi connectivity index (χ2v) is 5.48. The molecule has 0 atom stereocenters. The number of nitrogens with zero attached hydrogens (tertiary/aromatic N) is 1. The first-order valence-electron chi connectivity index (χ1n) is 7.11. The molecule has 1 aromatic rings. The van der Waals surface area contributed by atoms with Crippen molar-refractivity contribution in [3.05, 3.63) is 29.8 Å². The van der Waals surface area contributed by atoms with Crippen LogP contribution < -0.4 is 5.73 Å². The zero-order valence-corrected chi connectivity index (χ0v) is 14.2. The van der Waals surface area contributed by atoms with Crippen molar-refractivity contribution < 1.29 is 14.3 Å². The summed E-state index contributed by atoms with van der Waals surface area (Å²) in [6.07, 6.45) is 0.533. The molecule has 1 amide bonds. The van der Waals surface area contributed by atoms with Crippen molar-refractivity contribution in [2.45, 2.75) is 26.7 Å². The van der Waals surface area contributed by atoms with E-state index >= 15 is 0 Å². The van der Waals surface area contributed by atoms with E-state index in [1.165, 1.54) is 7.11 Å². The molecular formula is C16H25ClN2O3. The van der Waals surface area contributed by atoms with Crippen LogP contribution in [0.25, 0.3) is 0 Å². The fourth-order valence-corrected chi connectivity index (χ4v) is 2.01. The predicted octanol–water partition coefficient (Wildman–Crippen LogP) is 2.28. The Labute approximate surface area is 138 Å². The smallest absolute Gasteiger partial charge is 0.307 e. The van der Waals surface area contributed by atoms with E-state index in [-0.39, 0.29) is 30.7 Å². The molecule has 0 aliphatic carbocycles. The molecule has 1 rings (SSSR count). The minimum atomic E-state index is -0.302. The largest absolute Gasteiger partial charge is 0.469 e. The molecule has 6 heteroatoms. The molecule has 0 aliphatic heterocycles. The number of hydrogen-bond acceptors (Lipinski definition) is 4. The second-order valence-electron chi connectivity index (χ2n) is 5.48. The van der Waals surface area contributed by atoms with E-state index in [0.717, 1.165) is 5.56 Å². The van der Waals surface area contributed by atoms with Crippen LogP contribution in [0, 0.1) is 5.92 Å². The molecule has 1 aromatic carbocycles. The van der Waals surface area contributed by atoms with Crippen molar-refractivity contribution in [1.82, 2.24) is 4.90 Å². The van der Waals surface area contributed by atoms with Crippen LogP contribution in [0.2, 0.25) is 0 Å². The van der Waals surface area contributed by atoms with Gasteiger partial charge in [0.25, 0.3) is 0 Å². The Morgan fingerprint density at radius 3 is 2.32 bits per heavy atom. The standard InChI is InChI=1S/C16H24N2O3.ClH/c1-12(2)11-18(9-8-16(20)21-3)15(19)10-13-4-6-14(17)7-5-13;/h4-7,12H,8-11,17H2,1-3H3;1H. The Balaban J connectivity index is 0.00000441. The van der Waals surface area contributed by atoms with E-state index < -0.39 is 0 Å². The van der Waals surface area contributed by atoms with Crippen LogP contribution in [0.5, 0.6) is 0 Å². The number of carbonyl (C=O) groups excluding carboxylic acids is 2. The predicted molar refractivity (Wildman–Crippen MR) is 89.9 cm³/mol. The minimum absolute atomic E-state index is 0. The van der Waals surface area contributed by atoms with E-state index in [4.69, 9.17) is 5.73 Å². The number of halogens is 1. The fourth-order valence-electron chi connectivity index (χ4n) is 2.01. The summed E-state index contributed by atoms with van der Waals surface area (Å²) in [7, 11) is 1.35. The zero-order valence-electron chi connectivity index (χ0n) is 13.4. The Kier molecular flexibility index (Phi) is 9.26. The molecule has 124 valence electrons. The van der Waals surface area contributed by atoms with Gasteiger partial charge in [-0.25, -0.2) is 0 Å². The number of amides is 1. The summed E-state index contributed by atoms with van der Waals surface area (Å²) in [4.78, 5) is 25.3. The molecule has 0 spiro atoms. The van der Waals surface area contributed by atoms with Crippen LogP contribution in [0.4, 0.5) is 5.69 Å². The van der Waals surface area contributed by atoms with E-state index in [0.29, 0.717) is 31.1 Å². The maximum absolute atomic E-state index is 12.4. The SMILES string of the molecule is COC(=O)CCN(CC(C)C)C(=O)Cc1ccc(N)cc1.Cl. The highest BCUT2D eigenvalue weighted by molar-refractivity contribution is 5.85. The highest BCUT2D eigenvalue weighted by atomic mass is 35.5. The van der Waals surface area contributed by atoms with E-state index in [1.54, 1.807) is 17.0 Å². The van der Waals surface area contributed by atoms with Gasteiger partial charge in [0, 0.05) is 18.8 Å². The summed E-state index contributed by atoms with van der Waals surface area (Å²) < 4.78 is 4.63. The van der Waals surface area contributed by atoms with Gasteiger partial charge in [0.1, 0.15) is 0 Å². The third kappa shape index (κ3) is 7.31. The van der Waals surface area contributed by atoms with Gasteiger partial charge in [-0.1, -0.05) is 26.0 Å². The van der Waals surface area contributed by atoms with E-state index in [1.807, 2.05) is 26.0 Å². The maximum atomic E-state index is 12.4. The summed E-state index contributed by atoms with van der Waals surface area (Å²) in [5.41, 5.74) is 7.23. The number of carbonyl (C=O) groups is 2. The van der Waals surface area contributed by atoms with Gasteiger partial charge in [-0.2, -0.15) is 0 Å². The summed E-state index contributed by atoms with van der Waals surface area (Å²) >= 11 is 0. The van der Waals surface area contributed by atoms with Gasteiger partial charge in [0.05, 0.1) is 20.0 Å². The molecule has 22 heavy (non-hydrogen) atoms. The van der Waals surface area contributed by atoms with Crippen molar-refractivity contribution in [2.24, 2.45) is 5.92 Å². The third-order valence-corrected chi connectivity index (χ3v) is 3.09. The lowest BCUT2D eigenvalue weighted by Gasteiger charge is -2.24. The highest BCUT2D eigenvalue weighted by Gasteiger charge is 2.16. The Hall–Kier alpha value is -1.75. The van der Waals surface area contributed by atoms with Gasteiger partial charge >= 0.3 is 5.97 Å². The average Bonchev–Trinajstić information content (AvgIpc) is 2.45. The monoisotopic (exact) mass is 328 g/mol. The summed E-state index contributed by atoms with van der Waals surface area (Å²) in [5, 5.41) is 0. The number of methoxy groups -OCH3 is 1. The molecule has 0 heterocycles. The van der Waals surface area contributed by atoms with Gasteiger partial charge in [-0.15, -0.1) is 12.4 Å². The first kappa shape index (κ1) is 20.2. The van der Waals surface area contributed by atoms with Gasteiger partial charge < -0.3 is 15.4 Å². The zero-order chi connectivity index (χ0) is 15.8. The van der Waals surface area contributed by atoms with Gasteiger partial charge in [-0.3, -0.25) is 9.59 Å². The Morgan fingerprint density at radius 1 is 1.23 bits per heavy atom. The Morgan fingerprint density at radius 2 is 1.82 bits per heavy atom. The number of nitrogen functional groups attached to an aromatic ring is 1. The summed E-state index contributed by atoms with van der Waals surface area (Å²) in [5.74, 6) is 0.0550. The van der Waals surface area contributed by atoms with Gasteiger partial charge in [-0.05, 0) is 23.6 Å². The van der Waals surface area contributed by atoms with Crippen molar-refractivity contribution in [1.29, 1.82) is 0 Å². The number of esters is 1. The summed E-state index contributed by atoms with van der Waals surface area (Å²) in [6.45, 7) is 5.10. The topological polar surface area (TPSA) is 72.6 Å². The van der Waals surface area contributed by atoms with Gasteiger partial charge in [0.2, 0.25) is 5.91 Å². The van der Waals surface area contributed by atoms with Crippen molar-refractivity contribution in [3.63, 3.8) is 0 Å². The molecule has 0 aromatic heterocycles. The van der Waals surface area contributed by atoms with Crippen LogP contribution in [0.3, 0.4) is 0 Å². The molecule has 0 fully saturated rings. The number of rotatable bonds is 7. The molecule has 0 radical (unpaired) electrons. The molecule has 0 saturated heterocycles. The van der Waals surface area contributed by atoms with Crippen molar-refractivity contribution in [2.75, 3.05) is 25.9 Å². The fraction of sp³-hybridized carbons (Fsp3) is 0.500. The quantitative estimate of drug-likeness (QED) is 0.615. The highest BCUT2D eigenvalue weighted by Crippen LogP contribution is 2.09. The van der Waals surface area contributed by atoms with Crippen LogP contribution in [0.15, 0.2) is 24.3 Å². The van der Waals surface area contributed by atoms with Crippen LogP contribution >= 0.6 is 12.4 Å². The normalized spacial score (nSPS) is 10.0. The van der Waals surface area contributed by atoms with Crippen LogP contribution in [-0.2, 0) is 20.7 Å². The molecule has 0 saturated carbocycles. The van der Waals surface area contributed by atoms with E-state index in [2.05, 4.69) is 4.74 Å². The maximum Gasteiger partial charge on any atom is 0.307 e. The number of hydrogen-bond donors (Lipinski definition) is 1. The second kappa shape index (κ2) is 10.1. The number of ether oxygens (including phenoxy) is 1. The number of anilines is 1. The third-order valence-electron chi connectivity index (χ3n) is 3.09. The van der Waals surface area contributed by atoms with Crippen LogP contribution in [0.1, 0.15) is 25.8 Å². The molecule has 5 nitrogen and oxygen atoms in total. The molecular weight excluding hydrogens is 304 g/mol. The Bertz CT molecular complexity index is 475. The molecule has 0 unspecified atom stereocenters. The van der Waals surface area contributed by atoms with Crippen molar-refractivity contribution in [3.8, 4) is 0 Å². The van der Waals surface area contributed by atoms with Gasteiger partial charge in [0.15, 0.2) is 0 Å². The van der Waals surface area contributed by atoms with Crippen LogP contribution in [-0.4, -0.2) is 37.0 Å². The number of benzene rings is 1. The van der Waals surface area contributed by atoms with Crippen molar-refractivity contribution >= 4 is 30.0 Å². The molecule has 0 aliphatic rings. The minimum Gasteiger partial charge on any atom is -0.469 e.